The normalized spacial score (nSPS) is 18.5. The molecule has 2 aromatic rings. The smallest absolute Gasteiger partial charge is 0.0406 e. The van der Waals surface area contributed by atoms with Crippen LogP contribution in [0.1, 0.15) is 30.0 Å². The molecule has 0 radical (unpaired) electrons. The number of aryl methyl sites for hydroxylation is 1. The molecule has 0 saturated carbocycles. The monoisotopic (exact) mass is 299 g/mol. The molecule has 1 heterocycles. The minimum Gasteiger partial charge on any atom is -0.296 e. The first-order valence-electron chi connectivity index (χ1n) is 7.77. The lowest BCUT2D eigenvalue weighted by atomic mass is 9.94. The van der Waals surface area contributed by atoms with E-state index in [-0.39, 0.29) is 0 Å². The van der Waals surface area contributed by atoms with E-state index in [0.29, 0.717) is 6.04 Å². The number of hydrogen-bond acceptors (Lipinski definition) is 1. The van der Waals surface area contributed by atoms with E-state index in [4.69, 9.17) is 11.6 Å². The Morgan fingerprint density at radius 2 is 1.76 bits per heavy atom. The van der Waals surface area contributed by atoms with Crippen LogP contribution < -0.4 is 0 Å². The first-order chi connectivity index (χ1) is 10.2. The quantitative estimate of drug-likeness (QED) is 0.789. The van der Waals surface area contributed by atoms with Crippen molar-refractivity contribution >= 4 is 11.6 Å². The van der Waals surface area contributed by atoms with Crippen molar-refractivity contribution in [2.75, 3.05) is 6.54 Å². The van der Waals surface area contributed by atoms with Crippen molar-refractivity contribution in [2.45, 2.75) is 38.8 Å². The first kappa shape index (κ1) is 14.6. The van der Waals surface area contributed by atoms with Crippen LogP contribution in [-0.4, -0.2) is 17.5 Å². The molecule has 0 aromatic heterocycles. The third kappa shape index (κ3) is 3.66. The van der Waals surface area contributed by atoms with Crippen molar-refractivity contribution in [1.29, 1.82) is 0 Å². The minimum absolute atomic E-state index is 0.644. The predicted molar refractivity (Wildman–Crippen MR) is 89.8 cm³/mol. The van der Waals surface area contributed by atoms with Gasteiger partial charge in [0.1, 0.15) is 0 Å². The van der Waals surface area contributed by atoms with Crippen molar-refractivity contribution in [1.82, 2.24) is 4.90 Å². The van der Waals surface area contributed by atoms with E-state index in [1.165, 1.54) is 29.5 Å². The number of nitrogens with zero attached hydrogens (tertiary/aromatic N) is 1. The Balaban J connectivity index is 1.55. The third-order valence-electron chi connectivity index (χ3n) is 4.45. The Morgan fingerprint density at radius 3 is 2.52 bits per heavy atom. The van der Waals surface area contributed by atoms with Gasteiger partial charge in [-0.15, -0.1) is 0 Å². The second kappa shape index (κ2) is 6.64. The van der Waals surface area contributed by atoms with Gasteiger partial charge in [0.05, 0.1) is 0 Å². The highest BCUT2D eigenvalue weighted by atomic mass is 35.5. The SMILES string of the molecule is CC1Cc2ccccc2CN1CCCc1ccc(Cl)cc1. The topological polar surface area (TPSA) is 3.24 Å². The highest BCUT2D eigenvalue weighted by Gasteiger charge is 2.21. The van der Waals surface area contributed by atoms with E-state index in [1.54, 1.807) is 0 Å². The Kier molecular flexibility index (Phi) is 4.62. The zero-order valence-corrected chi connectivity index (χ0v) is 13.3. The summed E-state index contributed by atoms with van der Waals surface area (Å²) in [6.07, 6.45) is 3.51. The van der Waals surface area contributed by atoms with E-state index in [1.807, 2.05) is 12.1 Å². The number of hydrogen-bond donors (Lipinski definition) is 0. The molecule has 110 valence electrons. The fraction of sp³-hybridized carbons (Fsp3) is 0.368. The molecule has 0 fully saturated rings. The molecule has 3 rings (SSSR count). The second-order valence-electron chi connectivity index (χ2n) is 6.02. The Bertz CT molecular complexity index is 591. The maximum absolute atomic E-state index is 5.93. The van der Waals surface area contributed by atoms with Crippen LogP contribution in [0.25, 0.3) is 0 Å². The van der Waals surface area contributed by atoms with Gasteiger partial charge in [-0.3, -0.25) is 4.90 Å². The highest BCUT2D eigenvalue weighted by Crippen LogP contribution is 2.23. The van der Waals surface area contributed by atoms with E-state index in [9.17, 15) is 0 Å². The zero-order chi connectivity index (χ0) is 14.7. The van der Waals surface area contributed by atoms with Crippen LogP contribution in [-0.2, 0) is 19.4 Å². The van der Waals surface area contributed by atoms with Gasteiger partial charge in [-0.2, -0.15) is 0 Å². The van der Waals surface area contributed by atoms with Crippen LogP contribution in [0, 0.1) is 0 Å². The average molecular weight is 300 g/mol. The largest absolute Gasteiger partial charge is 0.296 e. The predicted octanol–water partition coefficient (Wildman–Crippen LogP) is 4.72. The van der Waals surface area contributed by atoms with Gasteiger partial charge in [0.25, 0.3) is 0 Å². The van der Waals surface area contributed by atoms with Crippen LogP contribution in [0.15, 0.2) is 48.5 Å². The summed E-state index contributed by atoms with van der Waals surface area (Å²) in [7, 11) is 0. The van der Waals surface area contributed by atoms with Gasteiger partial charge in [0.15, 0.2) is 0 Å². The van der Waals surface area contributed by atoms with Crippen LogP contribution in [0.3, 0.4) is 0 Å². The molecule has 0 amide bonds. The summed E-state index contributed by atoms with van der Waals surface area (Å²) in [4.78, 5) is 2.61. The molecule has 0 N–H and O–H groups in total. The first-order valence-corrected chi connectivity index (χ1v) is 8.15. The molecular formula is C19H22ClN. The Morgan fingerprint density at radius 1 is 1.05 bits per heavy atom. The summed E-state index contributed by atoms with van der Waals surface area (Å²) in [6.45, 7) is 4.61. The van der Waals surface area contributed by atoms with Crippen molar-refractivity contribution < 1.29 is 0 Å². The maximum Gasteiger partial charge on any atom is 0.0406 e. The summed E-state index contributed by atoms with van der Waals surface area (Å²) in [5.74, 6) is 0. The lowest BCUT2D eigenvalue weighted by molar-refractivity contribution is 0.182. The van der Waals surface area contributed by atoms with Gasteiger partial charge in [-0.1, -0.05) is 48.0 Å². The second-order valence-corrected chi connectivity index (χ2v) is 6.46. The molecule has 0 bridgehead atoms. The lowest BCUT2D eigenvalue weighted by Crippen LogP contribution is -2.39. The Hall–Kier alpha value is -1.31. The van der Waals surface area contributed by atoms with Crippen molar-refractivity contribution in [3.63, 3.8) is 0 Å². The summed E-state index contributed by atoms with van der Waals surface area (Å²) in [5.41, 5.74) is 4.41. The highest BCUT2D eigenvalue weighted by molar-refractivity contribution is 6.30. The fourth-order valence-electron chi connectivity index (χ4n) is 3.17. The molecule has 0 aliphatic carbocycles. The van der Waals surface area contributed by atoms with Crippen LogP contribution in [0.2, 0.25) is 5.02 Å². The summed E-state index contributed by atoms with van der Waals surface area (Å²) in [6, 6.07) is 17.7. The van der Waals surface area contributed by atoms with Gasteiger partial charge in [0.2, 0.25) is 0 Å². The molecule has 1 aliphatic heterocycles. The fourth-order valence-corrected chi connectivity index (χ4v) is 3.30. The molecule has 1 aliphatic rings. The molecule has 1 atom stereocenters. The van der Waals surface area contributed by atoms with Crippen LogP contribution in [0.4, 0.5) is 0 Å². The summed E-state index contributed by atoms with van der Waals surface area (Å²) < 4.78 is 0. The number of fused-ring (bicyclic) bond motifs is 1. The van der Waals surface area contributed by atoms with Gasteiger partial charge < -0.3 is 0 Å². The minimum atomic E-state index is 0.644. The van der Waals surface area contributed by atoms with Gasteiger partial charge >= 0.3 is 0 Å². The maximum atomic E-state index is 5.93. The molecular weight excluding hydrogens is 278 g/mol. The van der Waals surface area contributed by atoms with E-state index in [2.05, 4.69) is 48.2 Å². The average Bonchev–Trinajstić information content (AvgIpc) is 2.50. The van der Waals surface area contributed by atoms with E-state index < -0.39 is 0 Å². The van der Waals surface area contributed by atoms with Crippen molar-refractivity contribution in [3.8, 4) is 0 Å². The Labute approximate surface area is 132 Å². The van der Waals surface area contributed by atoms with Crippen LogP contribution in [0.5, 0.6) is 0 Å². The standard InChI is InChI=1S/C19H22ClN/c1-15-13-17-6-2-3-7-18(17)14-21(15)12-4-5-16-8-10-19(20)11-9-16/h2-3,6-11,15H,4-5,12-14H2,1H3. The molecule has 21 heavy (non-hydrogen) atoms. The van der Waals surface area contributed by atoms with Gasteiger partial charge in [0, 0.05) is 17.6 Å². The summed E-state index contributed by atoms with van der Waals surface area (Å²) in [5, 5.41) is 0.819. The van der Waals surface area contributed by atoms with E-state index >= 15 is 0 Å². The van der Waals surface area contributed by atoms with Crippen molar-refractivity contribution in [2.24, 2.45) is 0 Å². The molecule has 2 heteroatoms. The van der Waals surface area contributed by atoms with Gasteiger partial charge in [-0.05, 0) is 61.6 Å². The molecule has 2 aromatic carbocycles. The zero-order valence-electron chi connectivity index (χ0n) is 12.6. The van der Waals surface area contributed by atoms with Gasteiger partial charge in [-0.25, -0.2) is 0 Å². The number of benzene rings is 2. The summed E-state index contributed by atoms with van der Waals surface area (Å²) >= 11 is 5.93. The van der Waals surface area contributed by atoms with Crippen LogP contribution >= 0.6 is 11.6 Å². The number of halogens is 1. The molecule has 0 saturated heterocycles. The molecule has 1 unspecified atom stereocenters. The molecule has 1 nitrogen and oxygen atoms in total. The molecule has 0 spiro atoms. The lowest BCUT2D eigenvalue weighted by Gasteiger charge is -2.34. The van der Waals surface area contributed by atoms with Crippen molar-refractivity contribution in [3.05, 3.63) is 70.2 Å². The van der Waals surface area contributed by atoms with E-state index in [0.717, 1.165) is 24.5 Å². The third-order valence-corrected chi connectivity index (χ3v) is 4.71. The number of rotatable bonds is 4.